The highest BCUT2D eigenvalue weighted by atomic mass is 16.7. The van der Waals surface area contributed by atoms with Crippen LogP contribution in [0.15, 0.2) is 30.3 Å². The lowest BCUT2D eigenvalue weighted by molar-refractivity contribution is 0.0599. The van der Waals surface area contributed by atoms with Crippen LogP contribution in [0.3, 0.4) is 0 Å². The Hall–Kier alpha value is -2.24. The number of nitrogens with two attached hydrogens (primary N) is 1. The normalized spacial score (nSPS) is 10.3. The molecule has 0 aromatic heterocycles. The molecule has 0 unspecified atom stereocenters. The molecule has 0 bridgehead atoms. The molecular weight excluding hydrogens is 286 g/mol. The molecule has 0 aliphatic carbocycles. The van der Waals surface area contributed by atoms with Gasteiger partial charge < -0.3 is 19.9 Å². The van der Waals surface area contributed by atoms with E-state index in [4.69, 9.17) is 15.2 Å². The third-order valence-electron chi connectivity index (χ3n) is 1.89. The number of primary amides is 1. The molecule has 0 heterocycles. The zero-order chi connectivity index (χ0) is 17.2. The Morgan fingerprint density at radius 2 is 1.68 bits per heavy atom. The van der Waals surface area contributed by atoms with E-state index in [1.165, 1.54) is 0 Å². The van der Waals surface area contributed by atoms with E-state index in [1.807, 2.05) is 19.9 Å². The summed E-state index contributed by atoms with van der Waals surface area (Å²) in [7, 11) is 0. The molecule has 0 saturated carbocycles. The fraction of sp³-hybridized carbons (Fsp3) is 0.500. The average molecular weight is 311 g/mol. The Kier molecular flexibility index (Phi) is 8.67. The Morgan fingerprint density at radius 3 is 2.05 bits per heavy atom. The van der Waals surface area contributed by atoms with Crippen molar-refractivity contribution < 1.29 is 23.8 Å². The van der Waals surface area contributed by atoms with Gasteiger partial charge in [-0.3, -0.25) is 0 Å². The van der Waals surface area contributed by atoms with Gasteiger partial charge >= 0.3 is 12.2 Å². The number of amides is 1. The topological polar surface area (TPSA) is 87.9 Å². The number of carbonyl (C=O) groups excluding carboxylic acids is 2. The van der Waals surface area contributed by atoms with E-state index in [0.717, 1.165) is 0 Å². The zero-order valence-electron chi connectivity index (χ0n) is 13.8. The molecule has 0 spiro atoms. The first-order valence-corrected chi connectivity index (χ1v) is 6.98. The van der Waals surface area contributed by atoms with E-state index in [9.17, 15) is 9.59 Å². The number of benzene rings is 1. The summed E-state index contributed by atoms with van der Waals surface area (Å²) in [6.45, 7) is 9.60. The van der Waals surface area contributed by atoms with Crippen LogP contribution in [-0.2, 0) is 9.47 Å². The van der Waals surface area contributed by atoms with E-state index in [-0.39, 0.29) is 0 Å². The summed E-state index contributed by atoms with van der Waals surface area (Å²) in [5, 5.41) is 0. The van der Waals surface area contributed by atoms with E-state index in [0.29, 0.717) is 18.3 Å². The smallest absolute Gasteiger partial charge is 0.444 e. The number of hydrogen-bond donors (Lipinski definition) is 1. The Morgan fingerprint density at radius 1 is 1.14 bits per heavy atom. The monoisotopic (exact) mass is 311 g/mol. The second-order valence-corrected chi connectivity index (χ2v) is 5.90. The second-order valence-electron chi connectivity index (χ2n) is 5.90. The molecule has 0 aliphatic heterocycles. The van der Waals surface area contributed by atoms with Crippen LogP contribution in [0.4, 0.5) is 9.59 Å². The third kappa shape index (κ3) is 12.8. The lowest BCUT2D eigenvalue weighted by Crippen LogP contribution is -2.27. The lowest BCUT2D eigenvalue weighted by atomic mass is 10.2. The van der Waals surface area contributed by atoms with Crippen molar-refractivity contribution in [3.63, 3.8) is 0 Å². The van der Waals surface area contributed by atoms with Crippen LogP contribution in [-0.4, -0.2) is 24.5 Å². The largest absolute Gasteiger partial charge is 0.513 e. The zero-order valence-corrected chi connectivity index (χ0v) is 13.8. The Labute approximate surface area is 131 Å². The maximum atomic E-state index is 11.1. The number of hydrogen-bond acceptors (Lipinski definition) is 5. The SMILES string of the molecule is CC(C)(C)OC(N)=O.CC(C)COC(=O)Oc1ccccc1. The van der Waals surface area contributed by atoms with Crippen molar-refractivity contribution in [2.24, 2.45) is 11.7 Å². The minimum atomic E-state index is -0.725. The van der Waals surface area contributed by atoms with Gasteiger partial charge in [0, 0.05) is 0 Å². The highest BCUT2D eigenvalue weighted by Crippen LogP contribution is 2.09. The van der Waals surface area contributed by atoms with Gasteiger partial charge in [-0.2, -0.15) is 0 Å². The molecule has 6 heteroatoms. The van der Waals surface area contributed by atoms with Crippen molar-refractivity contribution in [3.8, 4) is 5.75 Å². The first kappa shape index (κ1) is 19.8. The fourth-order valence-corrected chi connectivity index (χ4v) is 1.15. The quantitative estimate of drug-likeness (QED) is 0.678. The molecule has 1 amide bonds. The summed E-state index contributed by atoms with van der Waals surface area (Å²) in [4.78, 5) is 21.1. The van der Waals surface area contributed by atoms with Crippen molar-refractivity contribution >= 4 is 12.2 Å². The Bertz CT molecular complexity index is 451. The van der Waals surface area contributed by atoms with Crippen molar-refractivity contribution in [1.82, 2.24) is 0 Å². The lowest BCUT2D eigenvalue weighted by Gasteiger charge is -2.16. The minimum absolute atomic E-state index is 0.318. The van der Waals surface area contributed by atoms with Crippen molar-refractivity contribution in [3.05, 3.63) is 30.3 Å². The van der Waals surface area contributed by atoms with Crippen LogP contribution >= 0.6 is 0 Å². The van der Waals surface area contributed by atoms with Crippen molar-refractivity contribution in [2.45, 2.75) is 40.2 Å². The first-order chi connectivity index (χ1) is 10.1. The van der Waals surface area contributed by atoms with Gasteiger partial charge in [0.25, 0.3) is 0 Å². The molecule has 0 fully saturated rings. The predicted molar refractivity (Wildman–Crippen MR) is 83.7 cm³/mol. The summed E-state index contributed by atoms with van der Waals surface area (Å²) < 4.78 is 14.3. The van der Waals surface area contributed by atoms with Crippen LogP contribution in [0.1, 0.15) is 34.6 Å². The van der Waals surface area contributed by atoms with Crippen LogP contribution in [0.2, 0.25) is 0 Å². The Balaban J connectivity index is 0.000000472. The van der Waals surface area contributed by atoms with Gasteiger partial charge in [0.05, 0.1) is 6.61 Å². The highest BCUT2D eigenvalue weighted by molar-refractivity contribution is 5.65. The summed E-state index contributed by atoms with van der Waals surface area (Å²) in [6.07, 6.45) is -1.37. The molecule has 1 aromatic carbocycles. The third-order valence-corrected chi connectivity index (χ3v) is 1.89. The van der Waals surface area contributed by atoms with E-state index < -0.39 is 17.8 Å². The summed E-state index contributed by atoms with van der Waals surface area (Å²) in [6, 6.07) is 8.86. The van der Waals surface area contributed by atoms with Gasteiger partial charge in [0.1, 0.15) is 11.4 Å². The number of rotatable bonds is 3. The standard InChI is InChI=1S/C11H14O3.C5H11NO2/c1-9(2)8-13-11(12)14-10-6-4-3-5-7-10;1-5(2,3)8-4(6)7/h3-7,9H,8H2,1-2H3;1-3H3,(H2,6,7). The van der Waals surface area contributed by atoms with E-state index in [2.05, 4.69) is 4.74 Å². The highest BCUT2D eigenvalue weighted by Gasteiger charge is 2.12. The van der Waals surface area contributed by atoms with Gasteiger partial charge in [-0.05, 0) is 38.8 Å². The fourth-order valence-electron chi connectivity index (χ4n) is 1.15. The molecule has 6 nitrogen and oxygen atoms in total. The van der Waals surface area contributed by atoms with Crippen LogP contribution in [0, 0.1) is 5.92 Å². The van der Waals surface area contributed by atoms with Crippen molar-refractivity contribution in [1.29, 1.82) is 0 Å². The minimum Gasteiger partial charge on any atom is -0.444 e. The van der Waals surface area contributed by atoms with Crippen LogP contribution < -0.4 is 10.5 Å². The second kappa shape index (κ2) is 9.65. The summed E-state index contributed by atoms with van der Waals surface area (Å²) >= 11 is 0. The van der Waals surface area contributed by atoms with E-state index >= 15 is 0 Å². The maximum absolute atomic E-state index is 11.1. The molecule has 22 heavy (non-hydrogen) atoms. The first-order valence-electron chi connectivity index (χ1n) is 6.98. The van der Waals surface area contributed by atoms with E-state index in [1.54, 1.807) is 45.0 Å². The maximum Gasteiger partial charge on any atom is 0.513 e. The van der Waals surface area contributed by atoms with Crippen molar-refractivity contribution in [2.75, 3.05) is 6.61 Å². The molecule has 0 atom stereocenters. The van der Waals surface area contributed by atoms with Gasteiger partial charge in [-0.15, -0.1) is 0 Å². The number of para-hydroxylation sites is 1. The van der Waals surface area contributed by atoms with Gasteiger partial charge in [-0.1, -0.05) is 32.0 Å². The number of carbonyl (C=O) groups is 2. The molecule has 0 saturated heterocycles. The summed E-state index contributed by atoms with van der Waals surface area (Å²) in [5.74, 6) is 0.819. The molecule has 0 radical (unpaired) electrons. The van der Waals surface area contributed by atoms with Gasteiger partial charge in [0.15, 0.2) is 0 Å². The molecule has 2 N–H and O–H groups in total. The van der Waals surface area contributed by atoms with Crippen LogP contribution in [0.25, 0.3) is 0 Å². The summed E-state index contributed by atoms with van der Waals surface area (Å²) in [5.41, 5.74) is 4.26. The molecule has 0 aliphatic rings. The predicted octanol–water partition coefficient (Wildman–Crippen LogP) is 3.74. The molecular formula is C16H25NO5. The molecule has 1 rings (SSSR count). The number of ether oxygens (including phenoxy) is 3. The molecule has 1 aromatic rings. The van der Waals surface area contributed by atoms with Crippen LogP contribution in [0.5, 0.6) is 5.75 Å². The average Bonchev–Trinajstić information content (AvgIpc) is 2.35. The van der Waals surface area contributed by atoms with Gasteiger partial charge in [-0.25, -0.2) is 9.59 Å². The van der Waals surface area contributed by atoms with Gasteiger partial charge in [0.2, 0.25) is 0 Å². The molecule has 124 valence electrons.